The van der Waals surface area contributed by atoms with Crippen LogP contribution in [0.3, 0.4) is 0 Å². The Morgan fingerprint density at radius 3 is 2.94 bits per heavy atom. The van der Waals surface area contributed by atoms with Gasteiger partial charge < -0.3 is 20.5 Å². The number of rotatable bonds is 1. The van der Waals surface area contributed by atoms with Gasteiger partial charge in [0.15, 0.2) is 0 Å². The summed E-state index contributed by atoms with van der Waals surface area (Å²) in [6.45, 7) is 0.823. The molecule has 0 saturated carbocycles. The van der Waals surface area contributed by atoms with Gasteiger partial charge in [-0.05, 0) is 12.1 Å². The number of para-hydroxylation sites is 1. The van der Waals surface area contributed by atoms with Crippen LogP contribution >= 0.6 is 0 Å². The molecular weight excluding hydrogens is 236 g/mol. The summed E-state index contributed by atoms with van der Waals surface area (Å²) in [4.78, 5) is 23.2. The van der Waals surface area contributed by atoms with Gasteiger partial charge in [-0.1, -0.05) is 6.07 Å². The molecule has 1 atom stereocenters. The molecule has 1 fully saturated rings. The van der Waals surface area contributed by atoms with Crippen LogP contribution in [0, 0.1) is 0 Å². The second-order valence-corrected chi connectivity index (χ2v) is 4.50. The first-order valence-corrected chi connectivity index (χ1v) is 5.66. The number of anilines is 2. The maximum absolute atomic E-state index is 12.1. The standard InChI is InChI=1S/C12H12N2O4/c15-10(16)7-2-1-3-8-9(7)13-11(17)12(14-8)4-5-18-6-12/h1-3,14H,4-6H2,(H,13,17)(H,15,16). The van der Waals surface area contributed by atoms with Crippen LogP contribution in [-0.4, -0.2) is 35.7 Å². The molecule has 6 heteroatoms. The highest BCUT2D eigenvalue weighted by molar-refractivity contribution is 6.11. The number of hydrogen-bond acceptors (Lipinski definition) is 4. The van der Waals surface area contributed by atoms with Gasteiger partial charge in [-0.15, -0.1) is 0 Å². The number of aromatic carboxylic acids is 1. The van der Waals surface area contributed by atoms with Crippen molar-refractivity contribution in [1.29, 1.82) is 0 Å². The lowest BCUT2D eigenvalue weighted by Gasteiger charge is -2.34. The van der Waals surface area contributed by atoms with Crippen molar-refractivity contribution in [2.24, 2.45) is 0 Å². The summed E-state index contributed by atoms with van der Waals surface area (Å²) in [6.07, 6.45) is 0.579. The minimum atomic E-state index is -1.06. The van der Waals surface area contributed by atoms with Gasteiger partial charge in [0.2, 0.25) is 0 Å². The highest BCUT2D eigenvalue weighted by atomic mass is 16.5. The first kappa shape index (κ1) is 11.0. The number of nitrogens with one attached hydrogen (secondary N) is 2. The van der Waals surface area contributed by atoms with Crippen LogP contribution in [0.25, 0.3) is 0 Å². The maximum atomic E-state index is 12.1. The third-order valence-corrected chi connectivity index (χ3v) is 3.36. The van der Waals surface area contributed by atoms with E-state index >= 15 is 0 Å². The average molecular weight is 248 g/mol. The first-order valence-electron chi connectivity index (χ1n) is 5.66. The minimum Gasteiger partial charge on any atom is -0.478 e. The molecule has 3 rings (SSSR count). The van der Waals surface area contributed by atoms with E-state index in [1.165, 1.54) is 6.07 Å². The summed E-state index contributed by atoms with van der Waals surface area (Å²) >= 11 is 0. The Morgan fingerprint density at radius 1 is 1.44 bits per heavy atom. The number of amides is 1. The van der Waals surface area contributed by atoms with Crippen molar-refractivity contribution in [3.05, 3.63) is 23.8 Å². The zero-order chi connectivity index (χ0) is 12.8. The van der Waals surface area contributed by atoms with Gasteiger partial charge in [0, 0.05) is 13.0 Å². The van der Waals surface area contributed by atoms with Gasteiger partial charge in [-0.3, -0.25) is 4.79 Å². The van der Waals surface area contributed by atoms with Gasteiger partial charge in [-0.2, -0.15) is 0 Å². The minimum absolute atomic E-state index is 0.0853. The van der Waals surface area contributed by atoms with Crippen LogP contribution in [0.2, 0.25) is 0 Å². The Morgan fingerprint density at radius 2 is 2.28 bits per heavy atom. The summed E-state index contributed by atoms with van der Waals surface area (Å²) in [7, 11) is 0. The van der Waals surface area contributed by atoms with Crippen molar-refractivity contribution < 1.29 is 19.4 Å². The van der Waals surface area contributed by atoms with Gasteiger partial charge in [0.05, 0.1) is 23.5 Å². The number of carboxylic acid groups (broad SMARTS) is 1. The second kappa shape index (κ2) is 3.71. The third-order valence-electron chi connectivity index (χ3n) is 3.36. The number of carbonyl (C=O) groups excluding carboxylic acids is 1. The lowest BCUT2D eigenvalue weighted by atomic mass is 9.93. The summed E-state index contributed by atoms with van der Waals surface area (Å²) in [5.74, 6) is -1.30. The molecular formula is C12H12N2O4. The van der Waals surface area contributed by atoms with E-state index in [0.717, 1.165) is 0 Å². The van der Waals surface area contributed by atoms with Crippen LogP contribution in [0.5, 0.6) is 0 Å². The number of benzene rings is 1. The summed E-state index contributed by atoms with van der Waals surface area (Å²) < 4.78 is 5.26. The zero-order valence-electron chi connectivity index (χ0n) is 9.53. The number of carbonyl (C=O) groups is 2. The van der Waals surface area contributed by atoms with Crippen LogP contribution in [0.1, 0.15) is 16.8 Å². The van der Waals surface area contributed by atoms with E-state index in [-0.39, 0.29) is 11.5 Å². The highest BCUT2D eigenvalue weighted by Crippen LogP contribution is 2.37. The molecule has 0 bridgehead atoms. The molecule has 1 saturated heterocycles. The second-order valence-electron chi connectivity index (χ2n) is 4.50. The SMILES string of the molecule is O=C(O)c1cccc2c1NC(=O)C1(CCOC1)N2. The fourth-order valence-corrected chi connectivity index (χ4v) is 2.36. The van der Waals surface area contributed by atoms with Gasteiger partial charge in [-0.25, -0.2) is 4.79 Å². The number of carboxylic acids is 1. The van der Waals surface area contributed by atoms with E-state index in [1.807, 2.05) is 0 Å². The Hall–Kier alpha value is -2.08. The van der Waals surface area contributed by atoms with E-state index in [1.54, 1.807) is 12.1 Å². The van der Waals surface area contributed by atoms with Gasteiger partial charge in [0.1, 0.15) is 5.54 Å². The molecule has 0 radical (unpaired) electrons. The highest BCUT2D eigenvalue weighted by Gasteiger charge is 2.46. The van der Waals surface area contributed by atoms with Gasteiger partial charge in [0.25, 0.3) is 5.91 Å². The topological polar surface area (TPSA) is 87.7 Å². The largest absolute Gasteiger partial charge is 0.478 e. The van der Waals surface area contributed by atoms with E-state index in [0.29, 0.717) is 31.0 Å². The fraction of sp³-hybridized carbons (Fsp3) is 0.333. The quantitative estimate of drug-likeness (QED) is 0.687. The number of fused-ring (bicyclic) bond motifs is 1. The van der Waals surface area contributed by atoms with E-state index in [9.17, 15) is 9.59 Å². The Balaban J connectivity index is 2.06. The Labute approximate surface area is 103 Å². The molecule has 94 valence electrons. The molecule has 2 aliphatic rings. The van der Waals surface area contributed by atoms with Crippen LogP contribution in [0.15, 0.2) is 18.2 Å². The molecule has 1 amide bonds. The molecule has 0 aromatic heterocycles. The summed E-state index contributed by atoms with van der Waals surface area (Å²) in [5, 5.41) is 14.9. The van der Waals surface area contributed by atoms with Crippen molar-refractivity contribution in [3.8, 4) is 0 Å². The van der Waals surface area contributed by atoms with Crippen molar-refractivity contribution in [1.82, 2.24) is 0 Å². The fourth-order valence-electron chi connectivity index (χ4n) is 2.36. The lowest BCUT2D eigenvalue weighted by molar-refractivity contribution is -0.120. The number of hydrogen-bond donors (Lipinski definition) is 3. The van der Waals surface area contributed by atoms with Crippen molar-refractivity contribution in [3.63, 3.8) is 0 Å². The number of ether oxygens (including phenoxy) is 1. The van der Waals surface area contributed by atoms with E-state index < -0.39 is 11.5 Å². The monoisotopic (exact) mass is 248 g/mol. The lowest BCUT2D eigenvalue weighted by Crippen LogP contribution is -2.53. The summed E-state index contributed by atoms with van der Waals surface area (Å²) in [6, 6.07) is 4.86. The Kier molecular flexibility index (Phi) is 2.27. The molecule has 2 aliphatic heterocycles. The van der Waals surface area contributed by atoms with Crippen molar-refractivity contribution in [2.45, 2.75) is 12.0 Å². The van der Waals surface area contributed by atoms with Crippen molar-refractivity contribution >= 4 is 23.3 Å². The molecule has 18 heavy (non-hydrogen) atoms. The van der Waals surface area contributed by atoms with Crippen LogP contribution in [0.4, 0.5) is 11.4 Å². The zero-order valence-corrected chi connectivity index (χ0v) is 9.53. The maximum Gasteiger partial charge on any atom is 0.337 e. The summed E-state index contributed by atoms with van der Waals surface area (Å²) in [5.41, 5.74) is 0.277. The molecule has 3 N–H and O–H groups in total. The molecule has 1 aromatic rings. The van der Waals surface area contributed by atoms with Crippen molar-refractivity contribution in [2.75, 3.05) is 23.8 Å². The normalized spacial score (nSPS) is 25.4. The van der Waals surface area contributed by atoms with Gasteiger partial charge >= 0.3 is 5.97 Å². The van der Waals surface area contributed by atoms with E-state index in [4.69, 9.17) is 9.84 Å². The Bertz CT molecular complexity index is 535. The molecule has 1 spiro atoms. The van der Waals surface area contributed by atoms with Crippen LogP contribution < -0.4 is 10.6 Å². The molecule has 6 nitrogen and oxygen atoms in total. The van der Waals surface area contributed by atoms with Crippen LogP contribution in [-0.2, 0) is 9.53 Å². The first-order chi connectivity index (χ1) is 8.62. The predicted molar refractivity (Wildman–Crippen MR) is 63.8 cm³/mol. The average Bonchev–Trinajstić information content (AvgIpc) is 2.79. The van der Waals surface area contributed by atoms with E-state index in [2.05, 4.69) is 10.6 Å². The smallest absolute Gasteiger partial charge is 0.337 e. The molecule has 1 unspecified atom stereocenters. The predicted octanol–water partition coefficient (Wildman–Crippen LogP) is 0.908. The third kappa shape index (κ3) is 1.46. The molecule has 1 aromatic carbocycles. The molecule has 0 aliphatic carbocycles. The molecule has 2 heterocycles.